The van der Waals surface area contributed by atoms with Crippen LogP contribution < -0.4 is 16.2 Å². The number of alkyl halides is 3. The number of carbonyl (C=O) groups excluding carboxylic acids is 3. The Kier molecular flexibility index (Phi) is 6.92. The van der Waals surface area contributed by atoms with Crippen molar-refractivity contribution in [1.82, 2.24) is 20.6 Å². The molecule has 0 saturated heterocycles. The van der Waals surface area contributed by atoms with E-state index in [0.29, 0.717) is 11.6 Å². The summed E-state index contributed by atoms with van der Waals surface area (Å²) in [7, 11) is 1.09. The minimum Gasteiger partial charge on any atom is -0.452 e. The SMILES string of the molecule is CCn1nc(C(F)(F)F)cc1C(=O)Nc1c(C)cc(Cl)cc1C(=O)NNC(=O)OC. The van der Waals surface area contributed by atoms with Crippen LogP contribution in [-0.2, 0) is 17.5 Å². The highest BCUT2D eigenvalue weighted by molar-refractivity contribution is 6.31. The van der Waals surface area contributed by atoms with Crippen molar-refractivity contribution in [1.29, 1.82) is 0 Å². The highest BCUT2D eigenvalue weighted by Gasteiger charge is 2.36. The van der Waals surface area contributed by atoms with Crippen LogP contribution in [0.5, 0.6) is 0 Å². The van der Waals surface area contributed by atoms with E-state index in [0.717, 1.165) is 11.8 Å². The normalized spacial score (nSPS) is 11.0. The fraction of sp³-hybridized carbons (Fsp3) is 0.294. The third-order valence-electron chi connectivity index (χ3n) is 3.85. The average Bonchev–Trinajstić information content (AvgIpc) is 3.12. The van der Waals surface area contributed by atoms with Gasteiger partial charge in [-0.3, -0.25) is 19.7 Å². The van der Waals surface area contributed by atoms with E-state index in [1.54, 1.807) is 0 Å². The first-order valence-electron chi connectivity index (χ1n) is 8.38. The molecule has 2 aromatic rings. The topological polar surface area (TPSA) is 114 Å². The van der Waals surface area contributed by atoms with Crippen LogP contribution in [0.2, 0.25) is 5.02 Å². The van der Waals surface area contributed by atoms with Gasteiger partial charge in [-0.2, -0.15) is 18.3 Å². The maximum Gasteiger partial charge on any atom is 0.435 e. The molecule has 0 spiro atoms. The molecule has 0 aliphatic heterocycles. The number of rotatable bonds is 4. The number of aryl methyl sites for hydroxylation is 2. The van der Waals surface area contributed by atoms with Crippen molar-refractivity contribution in [3.8, 4) is 0 Å². The molecule has 0 atom stereocenters. The lowest BCUT2D eigenvalue weighted by molar-refractivity contribution is -0.141. The molecule has 0 unspecified atom stereocenters. The van der Waals surface area contributed by atoms with Crippen molar-refractivity contribution in [2.75, 3.05) is 12.4 Å². The predicted octanol–water partition coefficient (Wildman–Crippen LogP) is 3.14. The number of hydrogen-bond donors (Lipinski definition) is 3. The molecule has 1 heterocycles. The number of anilines is 1. The Morgan fingerprint density at radius 3 is 2.40 bits per heavy atom. The molecule has 162 valence electrons. The lowest BCUT2D eigenvalue weighted by atomic mass is 10.1. The maximum atomic E-state index is 12.9. The van der Waals surface area contributed by atoms with Crippen LogP contribution in [0, 0.1) is 6.92 Å². The summed E-state index contributed by atoms with van der Waals surface area (Å²) in [4.78, 5) is 36.2. The zero-order chi connectivity index (χ0) is 22.6. The second-order valence-corrected chi connectivity index (χ2v) is 6.33. The summed E-state index contributed by atoms with van der Waals surface area (Å²) < 4.78 is 44.1. The van der Waals surface area contributed by atoms with Crippen molar-refractivity contribution in [2.24, 2.45) is 0 Å². The Morgan fingerprint density at radius 1 is 1.17 bits per heavy atom. The van der Waals surface area contributed by atoms with Gasteiger partial charge in [0.2, 0.25) is 0 Å². The zero-order valence-electron chi connectivity index (χ0n) is 16.0. The Hall–Kier alpha value is -3.28. The highest BCUT2D eigenvalue weighted by Crippen LogP contribution is 2.30. The highest BCUT2D eigenvalue weighted by atomic mass is 35.5. The third-order valence-corrected chi connectivity index (χ3v) is 4.07. The van der Waals surface area contributed by atoms with Gasteiger partial charge in [0.15, 0.2) is 5.69 Å². The smallest absolute Gasteiger partial charge is 0.435 e. The minimum absolute atomic E-state index is 0.00835. The summed E-state index contributed by atoms with van der Waals surface area (Å²) in [5, 5.41) is 5.96. The molecular weight excluding hydrogens is 431 g/mol. The molecule has 0 fully saturated rings. The second kappa shape index (κ2) is 9.03. The molecule has 2 rings (SSSR count). The molecule has 0 radical (unpaired) electrons. The van der Waals surface area contributed by atoms with Gasteiger partial charge in [0, 0.05) is 17.6 Å². The van der Waals surface area contributed by atoms with Gasteiger partial charge in [-0.15, -0.1) is 0 Å². The van der Waals surface area contributed by atoms with Gasteiger partial charge >= 0.3 is 12.3 Å². The molecule has 0 aliphatic carbocycles. The number of carbonyl (C=O) groups is 3. The quantitative estimate of drug-likeness (QED) is 0.623. The summed E-state index contributed by atoms with van der Waals surface area (Å²) >= 11 is 5.97. The number of ether oxygens (including phenoxy) is 1. The summed E-state index contributed by atoms with van der Waals surface area (Å²) in [5.74, 6) is -1.76. The van der Waals surface area contributed by atoms with Crippen LogP contribution in [0.25, 0.3) is 0 Å². The Balaban J connectivity index is 2.38. The van der Waals surface area contributed by atoms with E-state index in [-0.39, 0.29) is 28.5 Å². The molecule has 0 bridgehead atoms. The number of benzene rings is 1. The zero-order valence-corrected chi connectivity index (χ0v) is 16.7. The molecule has 0 aliphatic rings. The van der Waals surface area contributed by atoms with Crippen molar-refractivity contribution in [2.45, 2.75) is 26.6 Å². The van der Waals surface area contributed by atoms with E-state index in [1.165, 1.54) is 26.0 Å². The summed E-state index contributed by atoms with van der Waals surface area (Å²) in [6.45, 7) is 3.06. The van der Waals surface area contributed by atoms with Crippen LogP contribution in [0.15, 0.2) is 18.2 Å². The molecular formula is C17H17ClF3N5O4. The monoisotopic (exact) mass is 447 g/mol. The lowest BCUT2D eigenvalue weighted by Crippen LogP contribution is -2.41. The van der Waals surface area contributed by atoms with Crippen molar-refractivity contribution >= 4 is 35.2 Å². The summed E-state index contributed by atoms with van der Waals surface area (Å²) in [5.41, 5.74) is 2.67. The van der Waals surface area contributed by atoms with E-state index in [2.05, 4.69) is 20.6 Å². The van der Waals surface area contributed by atoms with E-state index in [1.807, 2.05) is 5.43 Å². The van der Waals surface area contributed by atoms with E-state index < -0.39 is 29.8 Å². The predicted molar refractivity (Wildman–Crippen MR) is 100 cm³/mol. The third kappa shape index (κ3) is 5.20. The van der Waals surface area contributed by atoms with Crippen LogP contribution in [0.4, 0.5) is 23.7 Å². The van der Waals surface area contributed by atoms with Crippen LogP contribution in [0.3, 0.4) is 0 Å². The maximum absolute atomic E-state index is 12.9. The number of methoxy groups -OCH3 is 1. The van der Waals surface area contributed by atoms with Crippen molar-refractivity contribution in [3.05, 3.63) is 45.7 Å². The van der Waals surface area contributed by atoms with Crippen molar-refractivity contribution < 1.29 is 32.3 Å². The van der Waals surface area contributed by atoms with Gasteiger partial charge < -0.3 is 10.1 Å². The summed E-state index contributed by atoms with van der Waals surface area (Å²) in [6.07, 6.45) is -5.67. The Labute approximate surface area is 173 Å². The van der Waals surface area contributed by atoms with Crippen molar-refractivity contribution in [3.63, 3.8) is 0 Å². The van der Waals surface area contributed by atoms with Gasteiger partial charge in [-0.1, -0.05) is 11.6 Å². The number of hydrazine groups is 1. The first-order valence-corrected chi connectivity index (χ1v) is 8.76. The van der Waals surface area contributed by atoms with Crippen LogP contribution in [-0.4, -0.2) is 34.8 Å². The fourth-order valence-corrected chi connectivity index (χ4v) is 2.74. The first-order chi connectivity index (χ1) is 14.0. The molecule has 13 heteroatoms. The largest absolute Gasteiger partial charge is 0.452 e. The summed E-state index contributed by atoms with van der Waals surface area (Å²) in [6, 6.07) is 3.28. The number of amides is 3. The average molecular weight is 448 g/mol. The van der Waals surface area contributed by atoms with Gasteiger partial charge in [0.05, 0.1) is 18.4 Å². The number of aromatic nitrogens is 2. The van der Waals surface area contributed by atoms with E-state index >= 15 is 0 Å². The van der Waals surface area contributed by atoms with Crippen LogP contribution in [0.1, 0.15) is 39.0 Å². The number of nitrogens with one attached hydrogen (secondary N) is 3. The standard InChI is InChI=1S/C17H17ClF3N5O4/c1-4-26-11(7-12(25-26)17(19,20)21)15(28)22-13-8(2)5-9(18)6-10(13)14(27)23-24-16(29)30-3/h5-7H,4H2,1-3H3,(H,22,28)(H,23,27)(H,24,29). The minimum atomic E-state index is -4.73. The Morgan fingerprint density at radius 2 is 1.83 bits per heavy atom. The molecule has 3 N–H and O–H groups in total. The number of hydrogen-bond acceptors (Lipinski definition) is 5. The lowest BCUT2D eigenvalue weighted by Gasteiger charge is -2.15. The molecule has 0 saturated carbocycles. The van der Waals surface area contributed by atoms with Gasteiger partial charge in [0.1, 0.15) is 5.69 Å². The van der Waals surface area contributed by atoms with E-state index in [4.69, 9.17) is 11.6 Å². The molecule has 1 aromatic carbocycles. The number of nitrogens with zero attached hydrogens (tertiary/aromatic N) is 2. The molecule has 9 nitrogen and oxygen atoms in total. The molecule has 30 heavy (non-hydrogen) atoms. The van der Waals surface area contributed by atoms with Gasteiger partial charge in [0.25, 0.3) is 11.8 Å². The Bertz CT molecular complexity index is 991. The van der Waals surface area contributed by atoms with E-state index in [9.17, 15) is 27.6 Å². The van der Waals surface area contributed by atoms with Crippen LogP contribution >= 0.6 is 11.6 Å². The number of halogens is 4. The van der Waals surface area contributed by atoms with Gasteiger partial charge in [-0.05, 0) is 31.5 Å². The van der Waals surface area contributed by atoms with Gasteiger partial charge in [-0.25, -0.2) is 10.2 Å². The first kappa shape index (κ1) is 23.0. The fourth-order valence-electron chi connectivity index (χ4n) is 2.47. The molecule has 3 amide bonds. The second-order valence-electron chi connectivity index (χ2n) is 5.90. The molecule has 1 aromatic heterocycles.